The average Bonchev–Trinajstić information content (AvgIpc) is 2.78. The lowest BCUT2D eigenvalue weighted by Crippen LogP contribution is -1.87. The molecule has 0 amide bonds. The fourth-order valence-electron chi connectivity index (χ4n) is 2.30. The molecule has 0 saturated heterocycles. The molecule has 19 heavy (non-hydrogen) atoms. The van der Waals surface area contributed by atoms with Crippen LogP contribution in [0, 0.1) is 11.7 Å². The van der Waals surface area contributed by atoms with Crippen molar-refractivity contribution in [2.75, 3.05) is 7.11 Å². The number of H-pyrrole nitrogens is 1. The molecule has 0 atom stereocenters. The Morgan fingerprint density at radius 3 is 2.58 bits per heavy atom. The number of nitrogens with zero attached hydrogens (tertiary/aromatic N) is 1. The predicted molar refractivity (Wildman–Crippen MR) is 79.3 cm³/mol. The van der Waals surface area contributed by atoms with Crippen molar-refractivity contribution in [1.82, 2.24) is 9.38 Å². The van der Waals surface area contributed by atoms with Crippen molar-refractivity contribution >= 4 is 17.7 Å². The summed E-state index contributed by atoms with van der Waals surface area (Å²) >= 11 is 5.37. The summed E-state index contributed by atoms with van der Waals surface area (Å²) in [6, 6.07) is 12.1. The number of hydrogen-bond donors (Lipinski definition) is 1. The molecule has 0 unspecified atom stereocenters. The highest BCUT2D eigenvalue weighted by molar-refractivity contribution is 7.71. The van der Waals surface area contributed by atoms with Crippen LogP contribution in [0.4, 0.5) is 0 Å². The molecule has 0 aliphatic carbocycles. The minimum Gasteiger partial charge on any atom is -0.497 e. The van der Waals surface area contributed by atoms with E-state index in [1.165, 1.54) is 5.56 Å². The summed E-state index contributed by atoms with van der Waals surface area (Å²) in [5.74, 6) is 0.850. The lowest BCUT2D eigenvalue weighted by molar-refractivity contribution is 0.415. The third-order valence-corrected chi connectivity index (χ3v) is 3.56. The van der Waals surface area contributed by atoms with Crippen LogP contribution in [0.1, 0.15) is 5.56 Å². The zero-order valence-corrected chi connectivity index (χ0v) is 11.6. The van der Waals surface area contributed by atoms with Crippen molar-refractivity contribution in [3.05, 3.63) is 52.9 Å². The molecule has 0 aliphatic rings. The van der Waals surface area contributed by atoms with E-state index >= 15 is 0 Å². The number of pyridine rings is 1. The summed E-state index contributed by atoms with van der Waals surface area (Å²) in [5.41, 5.74) is 4.47. The van der Waals surface area contributed by atoms with Crippen molar-refractivity contribution in [1.29, 1.82) is 0 Å². The third-order valence-electron chi connectivity index (χ3n) is 3.26. The summed E-state index contributed by atoms with van der Waals surface area (Å²) in [6.07, 6.45) is 1.98. The molecule has 0 saturated carbocycles. The van der Waals surface area contributed by atoms with Gasteiger partial charge in [-0.2, -0.15) is 0 Å². The Morgan fingerprint density at radius 1 is 1.16 bits per heavy atom. The lowest BCUT2D eigenvalue weighted by Gasteiger charge is -2.04. The summed E-state index contributed by atoms with van der Waals surface area (Å²) in [4.78, 5) is 3.28. The van der Waals surface area contributed by atoms with Gasteiger partial charge >= 0.3 is 0 Å². The minimum absolute atomic E-state index is 0.713. The second kappa shape index (κ2) is 4.55. The number of nitrogens with one attached hydrogen (secondary N) is 1. The second-order valence-corrected chi connectivity index (χ2v) is 4.83. The summed E-state index contributed by atoms with van der Waals surface area (Å²) in [6.45, 7) is 2.09. The molecule has 3 aromatic rings. The second-order valence-electron chi connectivity index (χ2n) is 4.44. The first-order valence-electron chi connectivity index (χ1n) is 6.05. The van der Waals surface area contributed by atoms with Crippen molar-refractivity contribution in [3.8, 4) is 17.0 Å². The maximum Gasteiger partial charge on any atom is 0.182 e. The Bertz CT molecular complexity index is 784. The van der Waals surface area contributed by atoms with Crippen LogP contribution in [-0.2, 0) is 0 Å². The van der Waals surface area contributed by atoms with Crippen molar-refractivity contribution < 1.29 is 4.74 Å². The van der Waals surface area contributed by atoms with Crippen LogP contribution >= 0.6 is 12.2 Å². The van der Waals surface area contributed by atoms with E-state index < -0.39 is 0 Å². The van der Waals surface area contributed by atoms with Gasteiger partial charge < -0.3 is 9.72 Å². The Labute approximate surface area is 116 Å². The normalized spacial score (nSPS) is 10.8. The molecule has 0 spiro atoms. The Kier molecular flexibility index (Phi) is 2.87. The first kappa shape index (κ1) is 12.0. The molecule has 4 heteroatoms. The summed E-state index contributed by atoms with van der Waals surface area (Å²) in [5, 5.41) is 0. The molecule has 2 aromatic heterocycles. The molecule has 3 rings (SSSR count). The van der Waals surface area contributed by atoms with Crippen LogP contribution in [0.5, 0.6) is 5.75 Å². The first-order valence-corrected chi connectivity index (χ1v) is 6.46. The highest BCUT2D eigenvalue weighted by Gasteiger charge is 2.09. The number of hydrogen-bond acceptors (Lipinski definition) is 2. The Balaban J connectivity index is 2.27. The van der Waals surface area contributed by atoms with Crippen LogP contribution in [0.25, 0.3) is 16.8 Å². The minimum atomic E-state index is 0.713. The van der Waals surface area contributed by atoms with Gasteiger partial charge in [-0.3, -0.25) is 4.40 Å². The number of aromatic amines is 1. The van der Waals surface area contributed by atoms with Gasteiger partial charge in [-0.25, -0.2) is 0 Å². The SMILES string of the molecule is COc1ccc(-c2[nH]c(=S)n3cccc(C)c23)cc1. The number of benzene rings is 1. The largest absolute Gasteiger partial charge is 0.497 e. The van der Waals surface area contributed by atoms with Crippen LogP contribution in [0.15, 0.2) is 42.6 Å². The monoisotopic (exact) mass is 270 g/mol. The Morgan fingerprint density at radius 2 is 1.89 bits per heavy atom. The number of aryl methyl sites for hydroxylation is 1. The van der Waals surface area contributed by atoms with Crippen LogP contribution in [0.3, 0.4) is 0 Å². The fraction of sp³-hybridized carbons (Fsp3) is 0.133. The molecule has 0 fully saturated rings. The molecule has 1 N–H and O–H groups in total. The quantitative estimate of drug-likeness (QED) is 0.714. The van der Waals surface area contributed by atoms with E-state index in [2.05, 4.69) is 18.0 Å². The van der Waals surface area contributed by atoms with Gasteiger partial charge in [0.2, 0.25) is 0 Å². The molecule has 3 nitrogen and oxygen atoms in total. The van der Waals surface area contributed by atoms with Gasteiger partial charge in [0, 0.05) is 11.8 Å². The predicted octanol–water partition coefficient (Wildman–Crippen LogP) is 3.98. The zero-order chi connectivity index (χ0) is 13.4. The number of imidazole rings is 1. The van der Waals surface area contributed by atoms with E-state index in [0.29, 0.717) is 4.77 Å². The van der Waals surface area contributed by atoms with E-state index in [9.17, 15) is 0 Å². The third kappa shape index (κ3) is 1.94. The standard InChI is InChI=1S/C15H14N2OS/c1-10-4-3-9-17-14(10)13(16-15(17)19)11-5-7-12(18-2)8-6-11/h3-9H,1-2H3,(H,16,19). The van der Waals surface area contributed by atoms with Crippen molar-refractivity contribution in [2.45, 2.75) is 6.92 Å². The molecular formula is C15H14N2OS. The highest BCUT2D eigenvalue weighted by atomic mass is 32.1. The number of ether oxygens (including phenoxy) is 1. The van der Waals surface area contributed by atoms with E-state index in [4.69, 9.17) is 17.0 Å². The van der Waals surface area contributed by atoms with Gasteiger partial charge in [0.1, 0.15) is 5.75 Å². The fourth-order valence-corrected chi connectivity index (χ4v) is 2.55. The zero-order valence-electron chi connectivity index (χ0n) is 10.8. The molecule has 0 radical (unpaired) electrons. The van der Waals surface area contributed by atoms with E-state index in [1.807, 2.05) is 40.9 Å². The number of aromatic nitrogens is 2. The molecule has 2 heterocycles. The highest BCUT2D eigenvalue weighted by Crippen LogP contribution is 2.27. The van der Waals surface area contributed by atoms with E-state index in [-0.39, 0.29) is 0 Å². The first-order chi connectivity index (χ1) is 9.20. The summed E-state index contributed by atoms with van der Waals surface area (Å²) < 4.78 is 7.90. The Hall–Kier alpha value is -2.07. The van der Waals surface area contributed by atoms with Gasteiger partial charge in [-0.15, -0.1) is 0 Å². The molecular weight excluding hydrogens is 256 g/mol. The van der Waals surface area contributed by atoms with Gasteiger partial charge in [0.25, 0.3) is 0 Å². The molecule has 1 aromatic carbocycles. The van der Waals surface area contributed by atoms with Gasteiger partial charge in [0.15, 0.2) is 4.77 Å². The average molecular weight is 270 g/mol. The summed E-state index contributed by atoms with van der Waals surface area (Å²) in [7, 11) is 1.67. The molecule has 0 bridgehead atoms. The number of fused-ring (bicyclic) bond motifs is 1. The van der Waals surface area contributed by atoms with Crippen molar-refractivity contribution in [3.63, 3.8) is 0 Å². The number of methoxy groups -OCH3 is 1. The topological polar surface area (TPSA) is 29.4 Å². The van der Waals surface area contributed by atoms with Gasteiger partial charge in [-0.05, 0) is 55.0 Å². The number of rotatable bonds is 2. The smallest absolute Gasteiger partial charge is 0.182 e. The van der Waals surface area contributed by atoms with Crippen LogP contribution < -0.4 is 4.74 Å². The van der Waals surface area contributed by atoms with Crippen molar-refractivity contribution in [2.24, 2.45) is 0 Å². The lowest BCUT2D eigenvalue weighted by atomic mass is 10.1. The van der Waals surface area contributed by atoms with Gasteiger partial charge in [-0.1, -0.05) is 6.07 Å². The van der Waals surface area contributed by atoms with E-state index in [0.717, 1.165) is 22.5 Å². The van der Waals surface area contributed by atoms with E-state index in [1.54, 1.807) is 7.11 Å². The van der Waals surface area contributed by atoms with Crippen LogP contribution in [0.2, 0.25) is 0 Å². The van der Waals surface area contributed by atoms with Gasteiger partial charge in [0.05, 0.1) is 18.3 Å². The maximum absolute atomic E-state index is 5.37. The molecule has 96 valence electrons. The van der Waals surface area contributed by atoms with Crippen LogP contribution in [-0.4, -0.2) is 16.5 Å². The molecule has 0 aliphatic heterocycles. The maximum atomic E-state index is 5.37.